The van der Waals surface area contributed by atoms with Crippen molar-refractivity contribution >= 4 is 23.2 Å². The number of aromatic nitrogens is 3. The van der Waals surface area contributed by atoms with Crippen LogP contribution in [0.25, 0.3) is 5.69 Å². The maximum atomic E-state index is 13.0. The Balaban J connectivity index is 1.46. The average molecular weight is 398 g/mol. The number of amides is 1. The van der Waals surface area contributed by atoms with E-state index in [1.807, 2.05) is 35.2 Å². The minimum atomic E-state index is -0.0608. The first kappa shape index (κ1) is 18.3. The van der Waals surface area contributed by atoms with Gasteiger partial charge in [0.15, 0.2) is 0 Å². The Kier molecular flexibility index (Phi) is 5.16. The molecule has 0 unspecified atom stereocenters. The molecule has 0 bridgehead atoms. The van der Waals surface area contributed by atoms with E-state index in [1.54, 1.807) is 36.5 Å². The van der Waals surface area contributed by atoms with Crippen LogP contribution in [0.4, 0.5) is 5.69 Å². The fourth-order valence-electron chi connectivity index (χ4n) is 3.30. The first-order valence-corrected chi connectivity index (χ1v) is 9.36. The maximum Gasteiger partial charge on any atom is 0.255 e. The number of carbonyl (C=O) groups is 1. The lowest BCUT2D eigenvalue weighted by molar-refractivity contribution is 0.0747. The van der Waals surface area contributed by atoms with Crippen LogP contribution in [-0.2, 0) is 0 Å². The molecule has 2 aromatic carbocycles. The molecule has 0 saturated carbocycles. The van der Waals surface area contributed by atoms with Crippen LogP contribution in [0.3, 0.4) is 0 Å². The lowest BCUT2D eigenvalue weighted by Gasteiger charge is -2.36. The molecule has 0 aliphatic carbocycles. The van der Waals surface area contributed by atoms with E-state index in [2.05, 4.69) is 15.1 Å². The Morgan fingerprint density at radius 2 is 1.61 bits per heavy atom. The largest absolute Gasteiger partial charge is 0.497 e. The number of carbonyl (C=O) groups excluding carboxylic acids is 1. The first-order chi connectivity index (χ1) is 13.7. The smallest absolute Gasteiger partial charge is 0.255 e. The molecule has 8 heteroatoms. The van der Waals surface area contributed by atoms with Gasteiger partial charge in [-0.15, -0.1) is 10.2 Å². The summed E-state index contributed by atoms with van der Waals surface area (Å²) in [6.07, 6.45) is 3.18. The van der Waals surface area contributed by atoms with Gasteiger partial charge in [-0.05, 0) is 42.5 Å². The van der Waals surface area contributed by atoms with Crippen LogP contribution in [0.2, 0.25) is 5.02 Å². The Morgan fingerprint density at radius 3 is 2.25 bits per heavy atom. The Labute approximate surface area is 168 Å². The summed E-state index contributed by atoms with van der Waals surface area (Å²) in [5.74, 6) is 0.773. The molecule has 1 aliphatic heterocycles. The summed E-state index contributed by atoms with van der Waals surface area (Å²) in [4.78, 5) is 17.1. The summed E-state index contributed by atoms with van der Waals surface area (Å²) in [5.41, 5.74) is 2.42. The molecule has 1 fully saturated rings. The van der Waals surface area contributed by atoms with E-state index < -0.39 is 0 Å². The highest BCUT2D eigenvalue weighted by Crippen LogP contribution is 2.24. The number of anilines is 1. The molecular weight excluding hydrogens is 378 g/mol. The molecule has 4 rings (SSSR count). The minimum absolute atomic E-state index is 0.0608. The van der Waals surface area contributed by atoms with Crippen LogP contribution in [0, 0.1) is 0 Å². The van der Waals surface area contributed by atoms with Gasteiger partial charge in [-0.25, -0.2) is 0 Å². The lowest BCUT2D eigenvalue weighted by Crippen LogP contribution is -2.48. The lowest BCUT2D eigenvalue weighted by atomic mass is 10.1. The molecule has 1 aromatic heterocycles. The van der Waals surface area contributed by atoms with E-state index in [1.165, 1.54) is 0 Å². The number of nitrogens with zero attached hydrogens (tertiary/aromatic N) is 5. The average Bonchev–Trinajstić information content (AvgIpc) is 3.29. The first-order valence-electron chi connectivity index (χ1n) is 8.98. The summed E-state index contributed by atoms with van der Waals surface area (Å²) < 4.78 is 6.95. The zero-order valence-corrected chi connectivity index (χ0v) is 16.2. The van der Waals surface area contributed by atoms with E-state index in [0.717, 1.165) is 30.2 Å². The summed E-state index contributed by atoms with van der Waals surface area (Å²) in [6, 6.07) is 13.3. The van der Waals surface area contributed by atoms with Gasteiger partial charge in [0.25, 0.3) is 5.91 Å². The number of ether oxygens (including phenoxy) is 1. The molecule has 0 radical (unpaired) electrons. The monoisotopic (exact) mass is 397 g/mol. The summed E-state index contributed by atoms with van der Waals surface area (Å²) in [6.45, 7) is 2.80. The number of rotatable bonds is 4. The van der Waals surface area contributed by atoms with Gasteiger partial charge in [0.2, 0.25) is 0 Å². The Hall–Kier alpha value is -3.06. The van der Waals surface area contributed by atoms with Crippen LogP contribution in [0.5, 0.6) is 5.75 Å². The van der Waals surface area contributed by atoms with Crippen molar-refractivity contribution in [3.05, 3.63) is 65.7 Å². The van der Waals surface area contributed by atoms with Crippen LogP contribution >= 0.6 is 11.6 Å². The summed E-state index contributed by atoms with van der Waals surface area (Å²) >= 11 is 6.31. The zero-order chi connectivity index (χ0) is 19.5. The molecule has 1 saturated heterocycles. The van der Waals surface area contributed by atoms with Gasteiger partial charge in [0.1, 0.15) is 18.4 Å². The van der Waals surface area contributed by atoms with Gasteiger partial charge in [-0.3, -0.25) is 9.36 Å². The van der Waals surface area contributed by atoms with Gasteiger partial charge >= 0.3 is 0 Å². The minimum Gasteiger partial charge on any atom is -0.497 e. The van der Waals surface area contributed by atoms with E-state index in [9.17, 15) is 4.79 Å². The van der Waals surface area contributed by atoms with Crippen LogP contribution in [0.1, 0.15) is 10.4 Å². The fourth-order valence-corrected chi connectivity index (χ4v) is 3.50. The number of benzene rings is 2. The van der Waals surface area contributed by atoms with Crippen molar-refractivity contribution in [3.63, 3.8) is 0 Å². The molecule has 3 aromatic rings. The second-order valence-corrected chi connectivity index (χ2v) is 6.92. The Bertz CT molecular complexity index is 951. The number of methoxy groups -OCH3 is 1. The van der Waals surface area contributed by atoms with Gasteiger partial charge in [0, 0.05) is 37.6 Å². The SMILES string of the molecule is COc1ccc(N2CCN(C(=O)c3cc(-n4cnnc4)ccc3Cl)CC2)cc1. The van der Waals surface area contributed by atoms with Crippen molar-refractivity contribution in [2.45, 2.75) is 0 Å². The standard InChI is InChI=1S/C20H20ClN5O2/c1-28-17-5-2-15(3-6-17)24-8-10-25(11-9-24)20(27)18-12-16(4-7-19(18)21)26-13-22-23-14-26/h2-7,12-14H,8-11H2,1H3. The summed E-state index contributed by atoms with van der Waals surface area (Å²) in [5, 5.41) is 8.05. The van der Waals surface area contributed by atoms with Gasteiger partial charge in [-0.2, -0.15) is 0 Å². The zero-order valence-electron chi connectivity index (χ0n) is 15.5. The highest BCUT2D eigenvalue weighted by Gasteiger charge is 2.24. The van der Waals surface area contributed by atoms with E-state index >= 15 is 0 Å². The van der Waals surface area contributed by atoms with Gasteiger partial charge in [-0.1, -0.05) is 11.6 Å². The number of hydrogen-bond donors (Lipinski definition) is 0. The van der Waals surface area contributed by atoms with Crippen molar-refractivity contribution < 1.29 is 9.53 Å². The normalized spacial score (nSPS) is 14.2. The highest BCUT2D eigenvalue weighted by molar-refractivity contribution is 6.33. The number of halogens is 1. The third-order valence-corrected chi connectivity index (χ3v) is 5.23. The molecular formula is C20H20ClN5O2. The second-order valence-electron chi connectivity index (χ2n) is 6.51. The van der Waals surface area contributed by atoms with E-state index in [4.69, 9.17) is 16.3 Å². The van der Waals surface area contributed by atoms with Crippen molar-refractivity contribution in [3.8, 4) is 11.4 Å². The number of hydrogen-bond acceptors (Lipinski definition) is 5. The predicted octanol–water partition coefficient (Wildman–Crippen LogP) is 2.89. The molecule has 1 aliphatic rings. The third kappa shape index (κ3) is 3.66. The highest BCUT2D eigenvalue weighted by atomic mass is 35.5. The van der Waals surface area contributed by atoms with Crippen LogP contribution in [-0.4, -0.2) is 58.9 Å². The van der Waals surface area contributed by atoms with Crippen molar-refractivity contribution in [2.24, 2.45) is 0 Å². The molecule has 28 heavy (non-hydrogen) atoms. The third-order valence-electron chi connectivity index (χ3n) is 4.90. The molecule has 144 valence electrons. The predicted molar refractivity (Wildman–Crippen MR) is 107 cm³/mol. The van der Waals surface area contributed by atoms with Crippen LogP contribution in [0.15, 0.2) is 55.1 Å². The second kappa shape index (κ2) is 7.90. The molecule has 0 N–H and O–H groups in total. The molecule has 2 heterocycles. The maximum absolute atomic E-state index is 13.0. The quantitative estimate of drug-likeness (QED) is 0.677. The molecule has 1 amide bonds. The van der Waals surface area contributed by atoms with E-state index in [-0.39, 0.29) is 5.91 Å². The van der Waals surface area contributed by atoms with Crippen molar-refractivity contribution in [2.75, 3.05) is 38.2 Å². The topological polar surface area (TPSA) is 63.5 Å². The Morgan fingerprint density at radius 1 is 0.964 bits per heavy atom. The molecule has 7 nitrogen and oxygen atoms in total. The number of piperazine rings is 1. The molecule has 0 atom stereocenters. The van der Waals surface area contributed by atoms with Crippen LogP contribution < -0.4 is 9.64 Å². The van der Waals surface area contributed by atoms with Crippen molar-refractivity contribution in [1.82, 2.24) is 19.7 Å². The fraction of sp³-hybridized carbons (Fsp3) is 0.250. The van der Waals surface area contributed by atoms with Gasteiger partial charge in [0.05, 0.1) is 17.7 Å². The van der Waals surface area contributed by atoms with E-state index in [0.29, 0.717) is 23.7 Å². The molecule has 0 spiro atoms. The van der Waals surface area contributed by atoms with Gasteiger partial charge < -0.3 is 14.5 Å². The summed E-state index contributed by atoms with van der Waals surface area (Å²) in [7, 11) is 1.66. The van der Waals surface area contributed by atoms with Crippen molar-refractivity contribution in [1.29, 1.82) is 0 Å².